The third-order valence-electron chi connectivity index (χ3n) is 1.26. The van der Waals surface area contributed by atoms with Gasteiger partial charge in [-0.2, -0.15) is 0 Å². The molecule has 0 rings (SSSR count). The molecule has 0 saturated carbocycles. The van der Waals surface area contributed by atoms with E-state index < -0.39 is 5.97 Å². The van der Waals surface area contributed by atoms with E-state index in [0.29, 0.717) is 0 Å². The molecule has 0 aliphatic carbocycles. The molecule has 0 saturated heterocycles. The minimum absolute atomic E-state index is 0.0820. The van der Waals surface area contributed by atoms with Crippen molar-refractivity contribution in [1.82, 2.24) is 0 Å². The summed E-state index contributed by atoms with van der Waals surface area (Å²) in [4.78, 5) is 10.1. The minimum Gasteiger partial charge on any atom is -0.481 e. The Balaban J connectivity index is 3.92. The fraction of sp³-hybridized carbons (Fsp3) is 0.375. The van der Waals surface area contributed by atoms with Crippen molar-refractivity contribution in [3.8, 4) is 0 Å². The van der Waals surface area contributed by atoms with Gasteiger partial charge in [0.25, 0.3) is 0 Å². The molecule has 0 atom stereocenters. The molecule has 0 aromatic carbocycles. The molecule has 2 heteroatoms. The average Bonchev–Trinajstić information content (AvgIpc) is 1.82. The predicted molar refractivity (Wildman–Crippen MR) is 40.8 cm³/mol. The topological polar surface area (TPSA) is 37.3 Å². The highest BCUT2D eigenvalue weighted by atomic mass is 16.4. The van der Waals surface area contributed by atoms with E-state index in [9.17, 15) is 4.79 Å². The van der Waals surface area contributed by atoms with Gasteiger partial charge in [0.15, 0.2) is 0 Å². The van der Waals surface area contributed by atoms with Gasteiger partial charge < -0.3 is 5.11 Å². The summed E-state index contributed by atoms with van der Waals surface area (Å²) in [6.07, 6.45) is 1.74. The minimum atomic E-state index is -0.805. The van der Waals surface area contributed by atoms with E-state index >= 15 is 0 Å². The maximum atomic E-state index is 10.1. The second-order valence-corrected chi connectivity index (χ2v) is 2.27. The molecule has 0 fully saturated rings. The van der Waals surface area contributed by atoms with E-state index in [1.54, 1.807) is 6.08 Å². The fourth-order valence-electron chi connectivity index (χ4n) is 0.415. The van der Waals surface area contributed by atoms with Crippen LogP contribution in [0.2, 0.25) is 0 Å². The average molecular weight is 140 g/mol. The van der Waals surface area contributed by atoms with E-state index in [2.05, 4.69) is 6.58 Å². The van der Waals surface area contributed by atoms with Gasteiger partial charge in [0.05, 0.1) is 6.42 Å². The lowest BCUT2D eigenvalue weighted by Crippen LogP contribution is -1.91. The van der Waals surface area contributed by atoms with Crippen LogP contribution in [0, 0.1) is 0 Å². The second-order valence-electron chi connectivity index (χ2n) is 2.27. The summed E-state index contributed by atoms with van der Waals surface area (Å²) in [5.41, 5.74) is 1.86. The molecule has 0 aliphatic rings. The van der Waals surface area contributed by atoms with Crippen molar-refractivity contribution >= 4 is 5.97 Å². The third kappa shape index (κ3) is 3.89. The summed E-state index contributed by atoms with van der Waals surface area (Å²) in [5.74, 6) is -0.805. The zero-order valence-corrected chi connectivity index (χ0v) is 6.35. The summed E-state index contributed by atoms with van der Waals surface area (Å²) in [5, 5.41) is 8.27. The van der Waals surface area contributed by atoms with Crippen molar-refractivity contribution in [3.63, 3.8) is 0 Å². The molecule has 0 spiro atoms. The SMILES string of the molecule is C=C(C)C(C)=CCC(=O)O. The normalized spacial score (nSPS) is 11.2. The summed E-state index contributed by atoms with van der Waals surface area (Å²) >= 11 is 0. The first-order chi connectivity index (χ1) is 4.54. The summed E-state index contributed by atoms with van der Waals surface area (Å²) in [7, 11) is 0. The Bertz CT molecular complexity index is 178. The van der Waals surface area contributed by atoms with Crippen molar-refractivity contribution in [3.05, 3.63) is 23.8 Å². The zero-order valence-electron chi connectivity index (χ0n) is 6.35. The van der Waals surface area contributed by atoms with Crippen molar-refractivity contribution in [2.45, 2.75) is 20.3 Å². The van der Waals surface area contributed by atoms with Crippen LogP contribution >= 0.6 is 0 Å². The van der Waals surface area contributed by atoms with Crippen molar-refractivity contribution in [2.75, 3.05) is 0 Å². The molecule has 0 amide bonds. The quantitative estimate of drug-likeness (QED) is 0.608. The number of hydrogen-bond acceptors (Lipinski definition) is 1. The lowest BCUT2D eigenvalue weighted by Gasteiger charge is -1.95. The molecular weight excluding hydrogens is 128 g/mol. The number of aliphatic carboxylic acids is 1. The van der Waals surface area contributed by atoms with Crippen molar-refractivity contribution < 1.29 is 9.90 Å². The molecule has 0 heterocycles. The van der Waals surface area contributed by atoms with Crippen LogP contribution in [0.4, 0.5) is 0 Å². The molecule has 0 aromatic heterocycles. The van der Waals surface area contributed by atoms with Crippen LogP contribution in [-0.2, 0) is 4.79 Å². The third-order valence-corrected chi connectivity index (χ3v) is 1.26. The number of carbonyl (C=O) groups is 1. The van der Waals surface area contributed by atoms with E-state index in [0.717, 1.165) is 11.1 Å². The second kappa shape index (κ2) is 3.88. The van der Waals surface area contributed by atoms with Crippen LogP contribution in [0.15, 0.2) is 23.8 Å². The lowest BCUT2D eigenvalue weighted by molar-refractivity contribution is -0.136. The molecular formula is C8H12O2. The largest absolute Gasteiger partial charge is 0.481 e. The monoisotopic (exact) mass is 140 g/mol. The highest BCUT2D eigenvalue weighted by molar-refractivity contribution is 5.68. The van der Waals surface area contributed by atoms with Gasteiger partial charge in [0.2, 0.25) is 0 Å². The van der Waals surface area contributed by atoms with E-state index in [1.807, 2.05) is 13.8 Å². The van der Waals surface area contributed by atoms with Gasteiger partial charge in [-0.3, -0.25) is 4.79 Å². The van der Waals surface area contributed by atoms with Crippen LogP contribution in [0.1, 0.15) is 20.3 Å². The smallest absolute Gasteiger partial charge is 0.307 e. The Morgan fingerprint density at radius 1 is 1.60 bits per heavy atom. The molecule has 0 radical (unpaired) electrons. The Morgan fingerprint density at radius 2 is 2.10 bits per heavy atom. The van der Waals surface area contributed by atoms with Crippen LogP contribution in [0.3, 0.4) is 0 Å². The Hall–Kier alpha value is -1.05. The summed E-state index contributed by atoms with van der Waals surface area (Å²) < 4.78 is 0. The van der Waals surface area contributed by atoms with Gasteiger partial charge >= 0.3 is 5.97 Å². The highest BCUT2D eigenvalue weighted by Crippen LogP contribution is 2.05. The van der Waals surface area contributed by atoms with Gasteiger partial charge in [-0.15, -0.1) is 0 Å². The van der Waals surface area contributed by atoms with Gasteiger partial charge in [-0.05, 0) is 13.8 Å². The predicted octanol–water partition coefficient (Wildman–Crippen LogP) is 1.98. The Labute approximate surface area is 60.9 Å². The van der Waals surface area contributed by atoms with Gasteiger partial charge in [0, 0.05) is 0 Å². The Kier molecular flexibility index (Phi) is 3.47. The molecule has 0 aromatic rings. The van der Waals surface area contributed by atoms with Crippen molar-refractivity contribution in [2.24, 2.45) is 0 Å². The van der Waals surface area contributed by atoms with E-state index in [1.165, 1.54) is 0 Å². The maximum Gasteiger partial charge on any atom is 0.307 e. The molecule has 10 heavy (non-hydrogen) atoms. The molecule has 0 unspecified atom stereocenters. The first-order valence-electron chi connectivity index (χ1n) is 3.08. The zero-order chi connectivity index (χ0) is 8.15. The van der Waals surface area contributed by atoms with E-state index in [4.69, 9.17) is 5.11 Å². The van der Waals surface area contributed by atoms with Crippen LogP contribution in [-0.4, -0.2) is 11.1 Å². The first-order valence-corrected chi connectivity index (χ1v) is 3.08. The number of hydrogen-bond donors (Lipinski definition) is 1. The first kappa shape index (κ1) is 8.95. The van der Waals surface area contributed by atoms with Crippen LogP contribution in [0.25, 0.3) is 0 Å². The van der Waals surface area contributed by atoms with Gasteiger partial charge in [0.1, 0.15) is 0 Å². The van der Waals surface area contributed by atoms with Crippen LogP contribution < -0.4 is 0 Å². The summed E-state index contributed by atoms with van der Waals surface area (Å²) in [6, 6.07) is 0. The molecule has 0 aliphatic heterocycles. The highest BCUT2D eigenvalue weighted by Gasteiger charge is 1.93. The molecule has 1 N–H and O–H groups in total. The molecule has 2 nitrogen and oxygen atoms in total. The number of carboxylic acids is 1. The Morgan fingerprint density at radius 3 is 2.40 bits per heavy atom. The summed E-state index contributed by atoms with van der Waals surface area (Å²) in [6.45, 7) is 7.38. The fourth-order valence-corrected chi connectivity index (χ4v) is 0.415. The lowest BCUT2D eigenvalue weighted by atomic mass is 10.1. The number of allylic oxidation sites excluding steroid dienone is 2. The maximum absolute atomic E-state index is 10.1. The van der Waals surface area contributed by atoms with Crippen molar-refractivity contribution in [1.29, 1.82) is 0 Å². The molecule has 56 valence electrons. The number of carboxylic acid groups (broad SMARTS) is 1. The van der Waals surface area contributed by atoms with Crippen LogP contribution in [0.5, 0.6) is 0 Å². The standard InChI is InChI=1S/C8H12O2/c1-6(2)7(3)4-5-8(9)10/h4H,1,5H2,2-3H3,(H,9,10). The molecule has 0 bridgehead atoms. The van der Waals surface area contributed by atoms with Gasteiger partial charge in [-0.1, -0.05) is 23.8 Å². The van der Waals surface area contributed by atoms with Gasteiger partial charge in [-0.25, -0.2) is 0 Å². The van der Waals surface area contributed by atoms with E-state index in [-0.39, 0.29) is 6.42 Å². The number of rotatable bonds is 3.